The normalized spacial score (nSPS) is 9.41. The van der Waals surface area contributed by atoms with Crippen LogP contribution in [0.2, 0.25) is 0 Å². The second-order valence-corrected chi connectivity index (χ2v) is 3.37. The van der Waals surface area contributed by atoms with E-state index in [0.29, 0.717) is 5.56 Å². The van der Waals surface area contributed by atoms with E-state index < -0.39 is 0 Å². The Kier molecular flexibility index (Phi) is 4.68. The molecule has 0 unspecified atom stereocenters. The number of para-hydroxylation sites is 1. The molecule has 0 fully saturated rings. The van der Waals surface area contributed by atoms with Gasteiger partial charge in [-0.25, -0.2) is 0 Å². The molecule has 17 heavy (non-hydrogen) atoms. The molecule has 0 bridgehead atoms. The molecular formula is C13H10O3Pb. The smallest absolute Gasteiger partial charge is 0.196 e. The second kappa shape index (κ2) is 5.81. The molecule has 0 amide bonds. The van der Waals surface area contributed by atoms with Gasteiger partial charge in [-0.15, -0.1) is 0 Å². The van der Waals surface area contributed by atoms with Crippen LogP contribution in [0.25, 0.3) is 0 Å². The summed E-state index contributed by atoms with van der Waals surface area (Å²) in [7, 11) is 0. The van der Waals surface area contributed by atoms with Crippen LogP contribution in [0.5, 0.6) is 11.5 Å². The molecule has 4 heteroatoms. The molecule has 3 nitrogen and oxygen atoms in total. The Morgan fingerprint density at radius 1 is 0.882 bits per heavy atom. The van der Waals surface area contributed by atoms with E-state index in [9.17, 15) is 15.0 Å². The van der Waals surface area contributed by atoms with E-state index in [0.717, 1.165) is 0 Å². The number of phenolic OH excluding ortho intramolecular Hbond substituents is 2. The third-order valence-electron chi connectivity index (χ3n) is 2.30. The third-order valence-corrected chi connectivity index (χ3v) is 2.30. The number of rotatable bonds is 2. The Bertz CT molecular complexity index is 523. The Hall–Kier alpha value is -1.37. The van der Waals surface area contributed by atoms with Gasteiger partial charge in [0.25, 0.3) is 0 Å². The van der Waals surface area contributed by atoms with Gasteiger partial charge in [0.05, 0.1) is 5.56 Å². The molecule has 0 heterocycles. The number of aromatic hydroxyl groups is 2. The van der Waals surface area contributed by atoms with Crippen LogP contribution in [0.3, 0.4) is 0 Å². The molecule has 0 spiro atoms. The van der Waals surface area contributed by atoms with Crippen molar-refractivity contribution >= 4 is 33.1 Å². The topological polar surface area (TPSA) is 57.5 Å². The monoisotopic (exact) mass is 422 g/mol. The van der Waals surface area contributed by atoms with E-state index in [-0.39, 0.29) is 50.1 Å². The Balaban J connectivity index is 0.00000144. The van der Waals surface area contributed by atoms with Gasteiger partial charge < -0.3 is 10.2 Å². The fourth-order valence-electron chi connectivity index (χ4n) is 1.46. The molecule has 2 N–H and O–H groups in total. The van der Waals surface area contributed by atoms with Crippen LogP contribution in [0.1, 0.15) is 15.9 Å². The maximum Gasteiger partial charge on any atom is 0.196 e. The predicted octanol–water partition coefficient (Wildman–Crippen LogP) is 1.95. The predicted molar refractivity (Wildman–Crippen MR) is 65.4 cm³/mol. The fraction of sp³-hybridized carbons (Fsp3) is 0. The first-order chi connectivity index (χ1) is 7.70. The molecule has 4 radical (unpaired) electrons. The number of ketones is 1. The molecule has 2 aromatic carbocycles. The molecule has 0 atom stereocenters. The summed E-state index contributed by atoms with van der Waals surface area (Å²) < 4.78 is 0. The van der Waals surface area contributed by atoms with Crippen molar-refractivity contribution in [3.05, 3.63) is 59.7 Å². The average Bonchev–Trinajstić information content (AvgIpc) is 2.33. The molecular weight excluding hydrogens is 411 g/mol. The maximum atomic E-state index is 11.9. The first kappa shape index (κ1) is 13.7. The standard InChI is InChI=1S/C13H10O3.Pb/c14-11-8-4-7-10(13(11)16)12(15)9-5-2-1-3-6-9;/h1-8,14,16H;. The minimum Gasteiger partial charge on any atom is -0.504 e. The summed E-state index contributed by atoms with van der Waals surface area (Å²) in [6.45, 7) is 0. The zero-order valence-corrected chi connectivity index (χ0v) is 12.8. The zero-order chi connectivity index (χ0) is 11.5. The number of carbonyl (C=O) groups excluding carboxylic acids is 1. The van der Waals surface area contributed by atoms with E-state index in [1.807, 2.05) is 0 Å². The average molecular weight is 421 g/mol. The molecule has 0 aliphatic carbocycles. The van der Waals surface area contributed by atoms with Gasteiger partial charge in [-0.2, -0.15) is 0 Å². The molecule has 0 aliphatic heterocycles. The van der Waals surface area contributed by atoms with Gasteiger partial charge in [-0.05, 0) is 12.1 Å². The summed E-state index contributed by atoms with van der Waals surface area (Å²) >= 11 is 0. The summed E-state index contributed by atoms with van der Waals surface area (Å²) in [5.41, 5.74) is 0.578. The van der Waals surface area contributed by atoms with Crippen molar-refractivity contribution in [2.75, 3.05) is 0 Å². The number of hydrogen-bond acceptors (Lipinski definition) is 3. The molecule has 0 aliphatic rings. The summed E-state index contributed by atoms with van der Waals surface area (Å²) in [5, 5.41) is 18.9. The van der Waals surface area contributed by atoms with Gasteiger partial charge in [0, 0.05) is 32.9 Å². The second-order valence-electron chi connectivity index (χ2n) is 3.37. The quantitative estimate of drug-likeness (QED) is 0.443. The number of carbonyl (C=O) groups is 1. The van der Waals surface area contributed by atoms with E-state index in [2.05, 4.69) is 0 Å². The Morgan fingerprint density at radius 2 is 1.53 bits per heavy atom. The SMILES string of the molecule is O=C(c1ccccc1)c1cccc(O)c1O.[Pb]. The summed E-state index contributed by atoms with van der Waals surface area (Å²) in [6.07, 6.45) is 0. The first-order valence-corrected chi connectivity index (χ1v) is 4.81. The van der Waals surface area contributed by atoms with Crippen LogP contribution in [0, 0.1) is 0 Å². The molecule has 0 aromatic heterocycles. The Morgan fingerprint density at radius 3 is 2.18 bits per heavy atom. The minimum atomic E-state index is -0.378. The third kappa shape index (κ3) is 2.85. The Labute approximate surface area is 119 Å². The molecule has 0 saturated heterocycles. The van der Waals surface area contributed by atoms with Crippen LogP contribution in [0.15, 0.2) is 48.5 Å². The van der Waals surface area contributed by atoms with Gasteiger partial charge in [0.2, 0.25) is 0 Å². The van der Waals surface area contributed by atoms with Crippen molar-refractivity contribution in [2.45, 2.75) is 0 Å². The van der Waals surface area contributed by atoms with Crippen molar-refractivity contribution in [2.24, 2.45) is 0 Å². The summed E-state index contributed by atoms with van der Waals surface area (Å²) in [5.74, 6) is -0.980. The van der Waals surface area contributed by atoms with Crippen LogP contribution in [-0.4, -0.2) is 43.3 Å². The number of hydrogen-bond donors (Lipinski definition) is 2. The van der Waals surface area contributed by atoms with E-state index in [4.69, 9.17) is 0 Å². The zero-order valence-electron chi connectivity index (χ0n) is 8.92. The molecule has 2 rings (SSSR count). The van der Waals surface area contributed by atoms with Gasteiger partial charge in [0.1, 0.15) is 0 Å². The van der Waals surface area contributed by atoms with E-state index in [1.54, 1.807) is 30.3 Å². The van der Waals surface area contributed by atoms with Gasteiger partial charge >= 0.3 is 0 Å². The van der Waals surface area contributed by atoms with E-state index in [1.165, 1.54) is 18.2 Å². The summed E-state index contributed by atoms with van der Waals surface area (Å²) in [4.78, 5) is 11.9. The number of phenols is 2. The van der Waals surface area contributed by atoms with Crippen LogP contribution in [0.4, 0.5) is 0 Å². The van der Waals surface area contributed by atoms with Crippen molar-refractivity contribution in [3.63, 3.8) is 0 Å². The van der Waals surface area contributed by atoms with Crippen LogP contribution < -0.4 is 0 Å². The van der Waals surface area contributed by atoms with Crippen molar-refractivity contribution in [1.29, 1.82) is 0 Å². The van der Waals surface area contributed by atoms with Crippen molar-refractivity contribution in [3.8, 4) is 11.5 Å². The van der Waals surface area contributed by atoms with Gasteiger partial charge in [-0.1, -0.05) is 36.4 Å². The molecule has 0 saturated carbocycles. The van der Waals surface area contributed by atoms with Crippen LogP contribution in [-0.2, 0) is 0 Å². The number of benzene rings is 2. The van der Waals surface area contributed by atoms with Crippen molar-refractivity contribution in [1.82, 2.24) is 0 Å². The van der Waals surface area contributed by atoms with Crippen molar-refractivity contribution < 1.29 is 15.0 Å². The van der Waals surface area contributed by atoms with E-state index >= 15 is 0 Å². The van der Waals surface area contributed by atoms with Gasteiger partial charge in [-0.3, -0.25) is 4.79 Å². The minimum absolute atomic E-state index is 0. The summed E-state index contributed by atoms with van der Waals surface area (Å²) in [6, 6.07) is 12.9. The molecule has 84 valence electrons. The maximum absolute atomic E-state index is 11.9. The van der Waals surface area contributed by atoms with Crippen LogP contribution >= 0.6 is 0 Å². The first-order valence-electron chi connectivity index (χ1n) is 4.81. The van der Waals surface area contributed by atoms with Gasteiger partial charge in [0.15, 0.2) is 17.3 Å². The largest absolute Gasteiger partial charge is 0.504 e. The fourth-order valence-corrected chi connectivity index (χ4v) is 1.46. The molecule has 2 aromatic rings.